The maximum Gasteiger partial charge on any atom is 0.253 e. The van der Waals surface area contributed by atoms with E-state index < -0.39 is 0 Å². The van der Waals surface area contributed by atoms with Crippen molar-refractivity contribution in [1.82, 2.24) is 5.32 Å². The summed E-state index contributed by atoms with van der Waals surface area (Å²) >= 11 is 0. The highest BCUT2D eigenvalue weighted by Crippen LogP contribution is 2.44. The lowest BCUT2D eigenvalue weighted by Crippen LogP contribution is -2.32. The predicted molar refractivity (Wildman–Crippen MR) is 67.1 cm³/mol. The van der Waals surface area contributed by atoms with Gasteiger partial charge < -0.3 is 15.7 Å². The molecule has 0 bridgehead atoms. The number of hydrogen-bond donors (Lipinski definition) is 3. The van der Waals surface area contributed by atoms with Crippen LogP contribution in [0.25, 0.3) is 0 Å². The molecule has 0 atom stereocenters. The molecular formula is C13H18N2O2. The molecule has 4 heteroatoms. The van der Waals surface area contributed by atoms with Gasteiger partial charge in [-0.05, 0) is 25.0 Å². The van der Waals surface area contributed by atoms with Crippen molar-refractivity contribution in [3.05, 3.63) is 29.8 Å². The minimum atomic E-state index is -0.0883. The predicted octanol–water partition coefficient (Wildman–Crippen LogP) is 1.23. The molecule has 1 aliphatic carbocycles. The molecular weight excluding hydrogens is 216 g/mol. The smallest absolute Gasteiger partial charge is 0.253 e. The van der Waals surface area contributed by atoms with Crippen LogP contribution in [0.1, 0.15) is 23.2 Å². The van der Waals surface area contributed by atoms with E-state index in [0.717, 1.165) is 18.5 Å². The average Bonchev–Trinajstić information content (AvgIpc) is 3.16. The normalized spacial score (nSPS) is 16.4. The number of aliphatic hydroxyl groups excluding tert-OH is 1. The number of aliphatic hydroxyl groups is 1. The van der Waals surface area contributed by atoms with Gasteiger partial charge in [-0.1, -0.05) is 12.1 Å². The minimum absolute atomic E-state index is 0.0513. The summed E-state index contributed by atoms with van der Waals surface area (Å²) in [7, 11) is 1.79. The maximum absolute atomic E-state index is 12.0. The second-order valence-electron chi connectivity index (χ2n) is 4.64. The van der Waals surface area contributed by atoms with Crippen LogP contribution in [0.2, 0.25) is 0 Å². The Morgan fingerprint density at radius 1 is 1.41 bits per heavy atom. The molecule has 1 saturated carbocycles. The largest absolute Gasteiger partial charge is 0.396 e. The zero-order chi connectivity index (χ0) is 12.3. The summed E-state index contributed by atoms with van der Waals surface area (Å²) in [6, 6.07) is 7.39. The number of hydrogen-bond acceptors (Lipinski definition) is 3. The lowest BCUT2D eigenvalue weighted by Gasteiger charge is -2.14. The number of para-hydroxylation sites is 1. The first-order valence-electron chi connectivity index (χ1n) is 5.87. The van der Waals surface area contributed by atoms with Crippen molar-refractivity contribution in [2.45, 2.75) is 12.8 Å². The summed E-state index contributed by atoms with van der Waals surface area (Å²) in [5, 5.41) is 15.1. The van der Waals surface area contributed by atoms with E-state index in [1.165, 1.54) is 0 Å². The maximum atomic E-state index is 12.0. The molecule has 1 fully saturated rings. The molecule has 1 aromatic carbocycles. The van der Waals surface area contributed by atoms with Crippen molar-refractivity contribution >= 4 is 11.6 Å². The van der Waals surface area contributed by atoms with Crippen LogP contribution in [0.4, 0.5) is 5.69 Å². The molecule has 4 nitrogen and oxygen atoms in total. The molecule has 3 N–H and O–H groups in total. The first kappa shape index (κ1) is 11.9. The Labute approximate surface area is 101 Å². The fraction of sp³-hybridized carbons (Fsp3) is 0.462. The molecule has 0 spiro atoms. The van der Waals surface area contributed by atoms with E-state index in [4.69, 9.17) is 0 Å². The summed E-state index contributed by atoms with van der Waals surface area (Å²) in [6.07, 6.45) is 1.99. The van der Waals surface area contributed by atoms with Crippen LogP contribution in [0.3, 0.4) is 0 Å². The Balaban J connectivity index is 1.99. The first-order valence-corrected chi connectivity index (χ1v) is 5.87. The highest BCUT2D eigenvalue weighted by atomic mass is 16.3. The first-order chi connectivity index (χ1) is 8.21. The molecule has 0 radical (unpaired) electrons. The molecule has 0 saturated heterocycles. The number of nitrogens with one attached hydrogen (secondary N) is 2. The van der Waals surface area contributed by atoms with Crippen molar-refractivity contribution in [3.63, 3.8) is 0 Å². The van der Waals surface area contributed by atoms with Crippen molar-refractivity contribution < 1.29 is 9.90 Å². The summed E-state index contributed by atoms with van der Waals surface area (Å²) in [6.45, 7) is 0.710. The van der Waals surface area contributed by atoms with Gasteiger partial charge in [0.2, 0.25) is 0 Å². The Bertz CT molecular complexity index is 414. The van der Waals surface area contributed by atoms with E-state index in [0.29, 0.717) is 12.1 Å². The third-order valence-electron chi connectivity index (χ3n) is 3.36. The summed E-state index contributed by atoms with van der Waals surface area (Å²) < 4.78 is 0. The van der Waals surface area contributed by atoms with Gasteiger partial charge in [-0.25, -0.2) is 0 Å². The van der Waals surface area contributed by atoms with Crippen LogP contribution in [0.5, 0.6) is 0 Å². The van der Waals surface area contributed by atoms with Crippen LogP contribution in [0.15, 0.2) is 24.3 Å². The van der Waals surface area contributed by atoms with Gasteiger partial charge in [0.1, 0.15) is 0 Å². The Kier molecular flexibility index (Phi) is 3.33. The monoisotopic (exact) mass is 234 g/mol. The average molecular weight is 234 g/mol. The zero-order valence-electron chi connectivity index (χ0n) is 9.99. The van der Waals surface area contributed by atoms with Gasteiger partial charge in [0.25, 0.3) is 5.91 Å². The Hall–Kier alpha value is -1.55. The minimum Gasteiger partial charge on any atom is -0.396 e. The van der Waals surface area contributed by atoms with Gasteiger partial charge in [-0.15, -0.1) is 0 Å². The number of carbonyl (C=O) groups is 1. The zero-order valence-corrected chi connectivity index (χ0v) is 9.99. The molecule has 92 valence electrons. The lowest BCUT2D eigenvalue weighted by molar-refractivity contribution is 0.0936. The van der Waals surface area contributed by atoms with Crippen LogP contribution in [-0.4, -0.2) is 31.2 Å². The SMILES string of the molecule is CNc1ccccc1C(=O)NCC1(CO)CC1. The third-order valence-corrected chi connectivity index (χ3v) is 3.36. The van der Waals surface area contributed by atoms with Gasteiger partial charge >= 0.3 is 0 Å². The second kappa shape index (κ2) is 4.75. The number of rotatable bonds is 5. The third kappa shape index (κ3) is 2.58. The summed E-state index contributed by atoms with van der Waals surface area (Å²) in [4.78, 5) is 12.0. The van der Waals surface area contributed by atoms with Crippen LogP contribution in [-0.2, 0) is 0 Å². The van der Waals surface area contributed by atoms with Gasteiger partial charge in [-0.3, -0.25) is 4.79 Å². The van der Waals surface area contributed by atoms with Crippen molar-refractivity contribution in [2.75, 3.05) is 25.5 Å². The van der Waals surface area contributed by atoms with Crippen LogP contribution >= 0.6 is 0 Å². The lowest BCUT2D eigenvalue weighted by atomic mass is 10.1. The highest BCUT2D eigenvalue weighted by molar-refractivity contribution is 5.99. The topological polar surface area (TPSA) is 61.4 Å². The quantitative estimate of drug-likeness (QED) is 0.718. The molecule has 0 unspecified atom stereocenters. The Morgan fingerprint density at radius 2 is 2.12 bits per heavy atom. The van der Waals surface area contributed by atoms with E-state index in [2.05, 4.69) is 10.6 Å². The van der Waals surface area contributed by atoms with Gasteiger partial charge in [0.05, 0.1) is 12.2 Å². The van der Waals surface area contributed by atoms with Crippen molar-refractivity contribution in [2.24, 2.45) is 5.41 Å². The van der Waals surface area contributed by atoms with E-state index in [9.17, 15) is 9.90 Å². The fourth-order valence-electron chi connectivity index (χ4n) is 1.83. The van der Waals surface area contributed by atoms with Crippen molar-refractivity contribution in [3.8, 4) is 0 Å². The summed E-state index contributed by atoms with van der Waals surface area (Å²) in [5.74, 6) is -0.0883. The summed E-state index contributed by atoms with van der Waals surface area (Å²) in [5.41, 5.74) is 1.41. The second-order valence-corrected chi connectivity index (χ2v) is 4.64. The standard InChI is InChI=1S/C13H18N2O2/c1-14-11-5-3-2-4-10(11)12(17)15-8-13(9-16)6-7-13/h2-5,14,16H,6-9H2,1H3,(H,15,17). The molecule has 0 aromatic heterocycles. The van der Waals surface area contributed by atoms with Crippen LogP contribution in [0, 0.1) is 5.41 Å². The number of amides is 1. The molecule has 0 heterocycles. The molecule has 0 aliphatic heterocycles. The molecule has 17 heavy (non-hydrogen) atoms. The number of anilines is 1. The number of carbonyl (C=O) groups excluding carboxylic acids is 1. The van der Waals surface area contributed by atoms with Gasteiger partial charge in [-0.2, -0.15) is 0 Å². The van der Waals surface area contributed by atoms with E-state index >= 15 is 0 Å². The van der Waals surface area contributed by atoms with E-state index in [1.54, 1.807) is 13.1 Å². The molecule has 1 aliphatic rings. The van der Waals surface area contributed by atoms with E-state index in [-0.39, 0.29) is 17.9 Å². The molecule has 2 rings (SSSR count). The van der Waals surface area contributed by atoms with E-state index in [1.807, 2.05) is 18.2 Å². The van der Waals surface area contributed by atoms with Gasteiger partial charge in [0.15, 0.2) is 0 Å². The molecule has 1 aromatic rings. The van der Waals surface area contributed by atoms with Crippen LogP contribution < -0.4 is 10.6 Å². The van der Waals surface area contributed by atoms with Gasteiger partial charge in [0, 0.05) is 24.7 Å². The fourth-order valence-corrected chi connectivity index (χ4v) is 1.83. The van der Waals surface area contributed by atoms with Crippen molar-refractivity contribution in [1.29, 1.82) is 0 Å². The molecule has 1 amide bonds. The number of benzene rings is 1. The Morgan fingerprint density at radius 3 is 2.71 bits per heavy atom. The highest BCUT2D eigenvalue weighted by Gasteiger charge is 2.42.